The molecule has 0 aliphatic carbocycles. The molecular weight excluding hydrogens is 386 g/mol. The summed E-state index contributed by atoms with van der Waals surface area (Å²) in [6, 6.07) is 6.48. The molecular formula is C18H12F6N4. The molecule has 0 saturated carbocycles. The highest BCUT2D eigenvalue weighted by Crippen LogP contribution is 2.38. The van der Waals surface area contributed by atoms with Crippen molar-refractivity contribution in [1.82, 2.24) is 19.7 Å². The molecule has 3 aromatic rings. The average Bonchev–Trinajstić information content (AvgIpc) is 3.09. The van der Waals surface area contributed by atoms with Crippen molar-refractivity contribution in [1.29, 1.82) is 0 Å². The minimum absolute atomic E-state index is 0.0611. The molecule has 0 atom stereocenters. The number of aromatic nitrogens is 4. The van der Waals surface area contributed by atoms with E-state index >= 15 is 0 Å². The molecule has 2 aromatic heterocycles. The van der Waals surface area contributed by atoms with Crippen LogP contribution >= 0.6 is 0 Å². The summed E-state index contributed by atoms with van der Waals surface area (Å²) < 4.78 is 79.1. The SMILES string of the molecule is C/C(=C/n1cnc(-c2cc(C(F)(F)F)cc(C(F)(F)F)c2)n1)c1ccccn1. The highest BCUT2D eigenvalue weighted by Gasteiger charge is 2.37. The van der Waals surface area contributed by atoms with Crippen LogP contribution in [0.3, 0.4) is 0 Å². The van der Waals surface area contributed by atoms with Crippen LogP contribution in [0.25, 0.3) is 23.2 Å². The van der Waals surface area contributed by atoms with Crippen molar-refractivity contribution in [3.63, 3.8) is 0 Å². The third-order valence-electron chi connectivity index (χ3n) is 3.75. The van der Waals surface area contributed by atoms with Crippen LogP contribution in [0.15, 0.2) is 48.9 Å². The first-order chi connectivity index (χ1) is 13.0. The summed E-state index contributed by atoms with van der Waals surface area (Å²) in [5, 5.41) is 3.96. The number of pyridine rings is 1. The summed E-state index contributed by atoms with van der Waals surface area (Å²) in [4.78, 5) is 7.97. The average molecular weight is 398 g/mol. The Morgan fingerprint density at radius 1 is 0.929 bits per heavy atom. The molecule has 0 spiro atoms. The molecule has 4 nitrogen and oxygen atoms in total. The van der Waals surface area contributed by atoms with Gasteiger partial charge in [0.2, 0.25) is 0 Å². The molecule has 0 radical (unpaired) electrons. The first kappa shape index (κ1) is 19.6. The van der Waals surface area contributed by atoms with Crippen LogP contribution in [0.2, 0.25) is 0 Å². The number of alkyl halides is 6. The molecule has 0 N–H and O–H groups in total. The van der Waals surface area contributed by atoms with Gasteiger partial charge < -0.3 is 0 Å². The number of benzene rings is 1. The first-order valence-electron chi connectivity index (χ1n) is 7.85. The molecule has 1 aromatic carbocycles. The van der Waals surface area contributed by atoms with Crippen LogP contribution in [-0.2, 0) is 12.4 Å². The second-order valence-corrected chi connectivity index (χ2v) is 5.87. The van der Waals surface area contributed by atoms with E-state index in [2.05, 4.69) is 15.1 Å². The molecule has 0 unspecified atom stereocenters. The van der Waals surface area contributed by atoms with Gasteiger partial charge in [0, 0.05) is 18.0 Å². The quantitative estimate of drug-likeness (QED) is 0.555. The number of allylic oxidation sites excluding steroid dienone is 1. The van der Waals surface area contributed by atoms with Crippen molar-refractivity contribution in [3.8, 4) is 11.4 Å². The zero-order valence-electron chi connectivity index (χ0n) is 14.3. The Morgan fingerprint density at radius 3 is 2.11 bits per heavy atom. The number of hydrogen-bond donors (Lipinski definition) is 0. The molecule has 0 aliphatic heterocycles. The van der Waals surface area contributed by atoms with Crippen molar-refractivity contribution in [2.45, 2.75) is 19.3 Å². The Labute approximate surface area is 155 Å². The summed E-state index contributed by atoms with van der Waals surface area (Å²) in [6.07, 6.45) is -5.59. The van der Waals surface area contributed by atoms with Gasteiger partial charge in [-0.1, -0.05) is 6.07 Å². The number of nitrogens with zero attached hydrogens (tertiary/aromatic N) is 4. The fourth-order valence-corrected chi connectivity index (χ4v) is 2.41. The van der Waals surface area contributed by atoms with Gasteiger partial charge in [-0.2, -0.15) is 26.3 Å². The monoisotopic (exact) mass is 398 g/mol. The Bertz CT molecular complexity index is 971. The largest absolute Gasteiger partial charge is 0.416 e. The zero-order chi connectivity index (χ0) is 20.5. The van der Waals surface area contributed by atoms with Gasteiger partial charge in [0.15, 0.2) is 5.82 Å². The Kier molecular flexibility index (Phi) is 4.97. The molecule has 0 amide bonds. The van der Waals surface area contributed by atoms with Crippen molar-refractivity contribution < 1.29 is 26.3 Å². The summed E-state index contributed by atoms with van der Waals surface area (Å²) in [5.74, 6) is -0.262. The van der Waals surface area contributed by atoms with Crippen molar-refractivity contribution in [2.24, 2.45) is 0 Å². The van der Waals surface area contributed by atoms with E-state index in [1.165, 1.54) is 17.2 Å². The molecule has 146 valence electrons. The fourth-order valence-electron chi connectivity index (χ4n) is 2.41. The van der Waals surface area contributed by atoms with E-state index in [0.29, 0.717) is 23.4 Å². The van der Waals surface area contributed by atoms with Gasteiger partial charge >= 0.3 is 12.4 Å². The Morgan fingerprint density at radius 2 is 1.57 bits per heavy atom. The lowest BCUT2D eigenvalue weighted by Gasteiger charge is -2.13. The van der Waals surface area contributed by atoms with Gasteiger partial charge in [0.05, 0.1) is 16.8 Å². The minimum atomic E-state index is -4.94. The molecule has 28 heavy (non-hydrogen) atoms. The highest BCUT2D eigenvalue weighted by atomic mass is 19.4. The van der Waals surface area contributed by atoms with Gasteiger partial charge in [0.25, 0.3) is 0 Å². The van der Waals surface area contributed by atoms with Gasteiger partial charge in [-0.3, -0.25) is 4.98 Å². The van der Waals surface area contributed by atoms with E-state index in [1.54, 1.807) is 31.3 Å². The molecule has 0 aliphatic rings. The first-order valence-corrected chi connectivity index (χ1v) is 7.85. The second-order valence-electron chi connectivity index (χ2n) is 5.87. The van der Waals surface area contributed by atoms with Gasteiger partial charge in [-0.05, 0) is 42.8 Å². The summed E-state index contributed by atoms with van der Waals surface area (Å²) >= 11 is 0. The van der Waals surface area contributed by atoms with Gasteiger partial charge in [0.1, 0.15) is 6.33 Å². The normalized spacial score (nSPS) is 13.0. The van der Waals surface area contributed by atoms with Crippen molar-refractivity contribution in [3.05, 3.63) is 65.7 Å². The standard InChI is InChI=1S/C18H12F6N4/c1-11(15-4-2-3-5-25-15)9-28-10-26-16(27-28)12-6-13(17(19,20)21)8-14(7-12)18(22,23)24/h2-10H,1H3/b11-9-. The Balaban J connectivity index is 2.01. The van der Waals surface area contributed by atoms with Crippen LogP contribution in [0.5, 0.6) is 0 Å². The minimum Gasteiger partial charge on any atom is -0.257 e. The third kappa shape index (κ3) is 4.38. The number of hydrogen-bond acceptors (Lipinski definition) is 3. The van der Waals surface area contributed by atoms with E-state index in [9.17, 15) is 26.3 Å². The van der Waals surface area contributed by atoms with E-state index in [0.717, 1.165) is 0 Å². The Hall–Kier alpha value is -3.17. The maximum Gasteiger partial charge on any atom is 0.416 e. The molecule has 0 fully saturated rings. The maximum absolute atomic E-state index is 13.0. The summed E-state index contributed by atoms with van der Waals surface area (Å²) in [7, 11) is 0. The highest BCUT2D eigenvalue weighted by molar-refractivity contribution is 5.71. The predicted octanol–water partition coefficient (Wildman–Crippen LogP) is 5.40. The fraction of sp³-hybridized carbons (Fsp3) is 0.167. The number of rotatable bonds is 3. The molecule has 0 bridgehead atoms. The predicted molar refractivity (Wildman–Crippen MR) is 89.5 cm³/mol. The molecule has 3 rings (SSSR count). The van der Waals surface area contributed by atoms with Crippen molar-refractivity contribution >= 4 is 11.8 Å². The molecule has 10 heteroatoms. The lowest BCUT2D eigenvalue weighted by molar-refractivity contribution is -0.143. The van der Waals surface area contributed by atoms with Crippen LogP contribution in [-0.4, -0.2) is 19.7 Å². The van der Waals surface area contributed by atoms with Crippen LogP contribution < -0.4 is 0 Å². The lowest BCUT2D eigenvalue weighted by atomic mass is 10.0. The smallest absolute Gasteiger partial charge is 0.257 e. The van der Waals surface area contributed by atoms with Gasteiger partial charge in [-0.25, -0.2) is 9.67 Å². The molecule has 2 heterocycles. The lowest BCUT2D eigenvalue weighted by Crippen LogP contribution is -2.11. The summed E-state index contributed by atoms with van der Waals surface area (Å²) in [6.45, 7) is 1.73. The van der Waals surface area contributed by atoms with Crippen LogP contribution in [0.1, 0.15) is 23.7 Å². The topological polar surface area (TPSA) is 43.6 Å². The van der Waals surface area contributed by atoms with Crippen LogP contribution in [0.4, 0.5) is 26.3 Å². The van der Waals surface area contributed by atoms with E-state index < -0.39 is 23.5 Å². The van der Waals surface area contributed by atoms with E-state index in [1.807, 2.05) is 0 Å². The third-order valence-corrected chi connectivity index (χ3v) is 3.75. The zero-order valence-corrected chi connectivity index (χ0v) is 14.3. The van der Waals surface area contributed by atoms with Gasteiger partial charge in [-0.15, -0.1) is 5.10 Å². The van der Waals surface area contributed by atoms with Crippen LogP contribution in [0, 0.1) is 0 Å². The van der Waals surface area contributed by atoms with Crippen molar-refractivity contribution in [2.75, 3.05) is 0 Å². The molecule has 0 saturated heterocycles. The number of halogens is 6. The second kappa shape index (κ2) is 7.10. The maximum atomic E-state index is 13.0. The van der Waals surface area contributed by atoms with E-state index in [-0.39, 0.29) is 17.5 Å². The van der Waals surface area contributed by atoms with E-state index in [4.69, 9.17) is 0 Å². The summed E-state index contributed by atoms with van der Waals surface area (Å²) in [5.41, 5.74) is -1.91.